The van der Waals surface area contributed by atoms with Gasteiger partial charge in [-0.3, -0.25) is 4.79 Å². The number of hydrogen-bond acceptors (Lipinski definition) is 3. The Morgan fingerprint density at radius 3 is 2.45 bits per heavy atom. The summed E-state index contributed by atoms with van der Waals surface area (Å²) in [5.41, 5.74) is 2.72. The molecule has 0 fully saturated rings. The van der Waals surface area contributed by atoms with E-state index in [0.717, 1.165) is 17.0 Å². The third-order valence-corrected chi connectivity index (χ3v) is 3.29. The molecule has 0 spiro atoms. The van der Waals surface area contributed by atoms with Crippen LogP contribution in [0.25, 0.3) is 0 Å². The maximum atomic E-state index is 12.3. The van der Waals surface area contributed by atoms with E-state index in [9.17, 15) is 4.79 Å². The van der Waals surface area contributed by atoms with Crippen LogP contribution in [0.2, 0.25) is 0 Å². The molecule has 0 amide bonds. The van der Waals surface area contributed by atoms with Crippen LogP contribution < -0.4 is 9.64 Å². The standard InChI is InChI=1S/C17H19NO2/c1-13-11-14(9-10-17(13)20-3)16(19)12-18(2)15-7-5-4-6-8-15/h4-11H,12H2,1-3H3. The van der Waals surface area contributed by atoms with Crippen LogP contribution in [0.15, 0.2) is 48.5 Å². The molecule has 2 aromatic carbocycles. The molecule has 3 nitrogen and oxygen atoms in total. The van der Waals surface area contributed by atoms with Gasteiger partial charge in [-0.1, -0.05) is 18.2 Å². The number of methoxy groups -OCH3 is 1. The Kier molecular flexibility index (Phi) is 4.41. The minimum atomic E-state index is 0.0992. The molecule has 20 heavy (non-hydrogen) atoms. The number of rotatable bonds is 5. The molecular formula is C17H19NO2. The van der Waals surface area contributed by atoms with Gasteiger partial charge in [0.25, 0.3) is 0 Å². The summed E-state index contributed by atoms with van der Waals surface area (Å²) in [6.45, 7) is 2.30. The van der Waals surface area contributed by atoms with E-state index in [-0.39, 0.29) is 5.78 Å². The van der Waals surface area contributed by atoms with E-state index < -0.39 is 0 Å². The highest BCUT2D eigenvalue weighted by molar-refractivity contribution is 5.99. The van der Waals surface area contributed by atoms with Crippen molar-refractivity contribution in [1.82, 2.24) is 0 Å². The number of likely N-dealkylation sites (N-methyl/N-ethyl adjacent to an activating group) is 1. The van der Waals surface area contributed by atoms with Crippen LogP contribution in [0.4, 0.5) is 5.69 Å². The van der Waals surface area contributed by atoms with Crippen molar-refractivity contribution in [2.75, 3.05) is 25.6 Å². The molecule has 0 atom stereocenters. The van der Waals surface area contributed by atoms with E-state index in [1.807, 2.05) is 67.4 Å². The Balaban J connectivity index is 2.10. The Bertz CT molecular complexity index is 593. The molecule has 0 aliphatic carbocycles. The van der Waals surface area contributed by atoms with Crippen molar-refractivity contribution >= 4 is 11.5 Å². The Labute approximate surface area is 119 Å². The second-order valence-electron chi connectivity index (χ2n) is 4.80. The third-order valence-electron chi connectivity index (χ3n) is 3.29. The Morgan fingerprint density at radius 2 is 1.85 bits per heavy atom. The van der Waals surface area contributed by atoms with Gasteiger partial charge in [0.1, 0.15) is 5.75 Å². The summed E-state index contributed by atoms with van der Waals surface area (Å²) < 4.78 is 5.21. The lowest BCUT2D eigenvalue weighted by atomic mass is 10.1. The van der Waals surface area contributed by atoms with Gasteiger partial charge in [-0.05, 0) is 42.8 Å². The molecule has 3 heteroatoms. The predicted octanol–water partition coefficient (Wildman–Crippen LogP) is 3.32. The van der Waals surface area contributed by atoms with Gasteiger partial charge in [-0.15, -0.1) is 0 Å². The van der Waals surface area contributed by atoms with E-state index in [0.29, 0.717) is 12.1 Å². The molecule has 104 valence electrons. The minimum Gasteiger partial charge on any atom is -0.496 e. The Hall–Kier alpha value is -2.29. The summed E-state index contributed by atoms with van der Waals surface area (Å²) in [5, 5.41) is 0. The minimum absolute atomic E-state index is 0.0992. The van der Waals surface area contributed by atoms with Crippen LogP contribution in [-0.2, 0) is 0 Å². The smallest absolute Gasteiger partial charge is 0.182 e. The van der Waals surface area contributed by atoms with Crippen LogP contribution >= 0.6 is 0 Å². The highest BCUT2D eigenvalue weighted by Crippen LogP contribution is 2.19. The third kappa shape index (κ3) is 3.18. The summed E-state index contributed by atoms with van der Waals surface area (Å²) >= 11 is 0. The molecule has 0 bridgehead atoms. The van der Waals surface area contributed by atoms with Crippen molar-refractivity contribution in [3.8, 4) is 5.75 Å². The van der Waals surface area contributed by atoms with E-state index in [1.165, 1.54) is 0 Å². The summed E-state index contributed by atoms with van der Waals surface area (Å²) in [6.07, 6.45) is 0. The number of nitrogens with zero attached hydrogens (tertiary/aromatic N) is 1. The molecule has 0 unspecified atom stereocenters. The zero-order valence-electron chi connectivity index (χ0n) is 12.1. The molecule has 2 rings (SSSR count). The lowest BCUT2D eigenvalue weighted by Crippen LogP contribution is -2.25. The lowest BCUT2D eigenvalue weighted by molar-refractivity contribution is 0.1000. The molecule has 0 aromatic heterocycles. The topological polar surface area (TPSA) is 29.5 Å². The maximum absolute atomic E-state index is 12.3. The fourth-order valence-corrected chi connectivity index (χ4v) is 2.13. The van der Waals surface area contributed by atoms with E-state index in [1.54, 1.807) is 7.11 Å². The van der Waals surface area contributed by atoms with Crippen molar-refractivity contribution in [3.63, 3.8) is 0 Å². The van der Waals surface area contributed by atoms with Crippen molar-refractivity contribution in [2.45, 2.75) is 6.92 Å². The van der Waals surface area contributed by atoms with Gasteiger partial charge in [-0.25, -0.2) is 0 Å². The van der Waals surface area contributed by atoms with Gasteiger partial charge < -0.3 is 9.64 Å². The van der Waals surface area contributed by atoms with Gasteiger partial charge in [0.05, 0.1) is 13.7 Å². The number of benzene rings is 2. The first-order chi connectivity index (χ1) is 9.61. The number of Topliss-reactive ketones (excluding diaryl/α,β-unsaturated/α-hetero) is 1. The summed E-state index contributed by atoms with van der Waals surface area (Å²) in [7, 11) is 3.55. The fraction of sp³-hybridized carbons (Fsp3) is 0.235. The van der Waals surface area contributed by atoms with Crippen molar-refractivity contribution in [1.29, 1.82) is 0 Å². The molecule has 0 N–H and O–H groups in total. The molecule has 0 aliphatic rings. The number of anilines is 1. The summed E-state index contributed by atoms with van der Waals surface area (Å²) in [5.74, 6) is 0.903. The van der Waals surface area contributed by atoms with Crippen molar-refractivity contribution in [2.24, 2.45) is 0 Å². The van der Waals surface area contributed by atoms with Crippen LogP contribution in [0.3, 0.4) is 0 Å². The normalized spacial score (nSPS) is 10.2. The van der Waals surface area contributed by atoms with Gasteiger partial charge in [0, 0.05) is 18.3 Å². The van der Waals surface area contributed by atoms with Crippen molar-refractivity contribution < 1.29 is 9.53 Å². The van der Waals surface area contributed by atoms with Crippen LogP contribution in [0, 0.1) is 6.92 Å². The molecule has 0 radical (unpaired) electrons. The van der Waals surface area contributed by atoms with Gasteiger partial charge in [0.2, 0.25) is 0 Å². The maximum Gasteiger partial charge on any atom is 0.182 e. The van der Waals surface area contributed by atoms with E-state index in [2.05, 4.69) is 0 Å². The number of ether oxygens (including phenoxy) is 1. The van der Waals surface area contributed by atoms with Crippen molar-refractivity contribution in [3.05, 3.63) is 59.7 Å². The summed E-state index contributed by atoms with van der Waals surface area (Å²) in [4.78, 5) is 14.2. The second-order valence-corrected chi connectivity index (χ2v) is 4.80. The average Bonchev–Trinajstić information content (AvgIpc) is 2.48. The highest BCUT2D eigenvalue weighted by Gasteiger charge is 2.11. The second kappa shape index (κ2) is 6.24. The zero-order chi connectivity index (χ0) is 14.5. The quantitative estimate of drug-likeness (QED) is 0.780. The van der Waals surface area contributed by atoms with Gasteiger partial charge in [0.15, 0.2) is 5.78 Å². The highest BCUT2D eigenvalue weighted by atomic mass is 16.5. The van der Waals surface area contributed by atoms with E-state index in [4.69, 9.17) is 4.74 Å². The molecule has 2 aromatic rings. The first kappa shape index (κ1) is 14.1. The van der Waals surface area contributed by atoms with Crippen LogP contribution in [-0.4, -0.2) is 26.5 Å². The van der Waals surface area contributed by atoms with Gasteiger partial charge in [-0.2, -0.15) is 0 Å². The SMILES string of the molecule is COc1ccc(C(=O)CN(C)c2ccccc2)cc1C. The first-order valence-corrected chi connectivity index (χ1v) is 6.56. The number of hydrogen-bond donors (Lipinski definition) is 0. The zero-order valence-corrected chi connectivity index (χ0v) is 12.1. The monoisotopic (exact) mass is 269 g/mol. The predicted molar refractivity (Wildman–Crippen MR) is 81.8 cm³/mol. The Morgan fingerprint density at radius 1 is 1.15 bits per heavy atom. The largest absolute Gasteiger partial charge is 0.496 e. The summed E-state index contributed by atoms with van der Waals surface area (Å²) in [6, 6.07) is 15.4. The molecule has 0 saturated carbocycles. The number of carbonyl (C=O) groups is 1. The fourth-order valence-electron chi connectivity index (χ4n) is 2.13. The molecule has 0 aliphatic heterocycles. The number of ketones is 1. The number of aryl methyl sites for hydroxylation is 1. The molecular weight excluding hydrogens is 250 g/mol. The number of para-hydroxylation sites is 1. The van der Waals surface area contributed by atoms with E-state index >= 15 is 0 Å². The van der Waals surface area contributed by atoms with Crippen LogP contribution in [0.5, 0.6) is 5.75 Å². The average molecular weight is 269 g/mol. The van der Waals surface area contributed by atoms with Crippen LogP contribution in [0.1, 0.15) is 15.9 Å². The lowest BCUT2D eigenvalue weighted by Gasteiger charge is -2.18. The molecule has 0 heterocycles. The molecule has 0 saturated heterocycles. The van der Waals surface area contributed by atoms with Gasteiger partial charge >= 0.3 is 0 Å². The first-order valence-electron chi connectivity index (χ1n) is 6.56. The number of carbonyl (C=O) groups excluding carboxylic acids is 1.